The molecule has 0 aliphatic rings. The van der Waals surface area contributed by atoms with Crippen molar-refractivity contribution in [1.29, 1.82) is 5.26 Å². The fourth-order valence-corrected chi connectivity index (χ4v) is 1.94. The standard InChI is InChI=1S/C18H14FNO3/c19-16-9-7-14(8-10-16)17(21)2-1-11-23-18(22)15-5-3-13(12-20)4-6-15/h3-10H,1-2,11H2. The van der Waals surface area contributed by atoms with E-state index in [0.29, 0.717) is 23.1 Å². The Morgan fingerprint density at radius 2 is 1.61 bits per heavy atom. The summed E-state index contributed by atoms with van der Waals surface area (Å²) in [4.78, 5) is 23.6. The van der Waals surface area contributed by atoms with Gasteiger partial charge in [-0.15, -0.1) is 0 Å². The fraction of sp³-hybridized carbons (Fsp3) is 0.167. The SMILES string of the molecule is N#Cc1ccc(C(=O)OCCCC(=O)c2ccc(F)cc2)cc1. The fourth-order valence-electron chi connectivity index (χ4n) is 1.94. The monoisotopic (exact) mass is 311 g/mol. The number of carbonyl (C=O) groups is 2. The molecule has 0 radical (unpaired) electrons. The number of rotatable bonds is 6. The van der Waals surface area contributed by atoms with E-state index in [0.717, 1.165) is 0 Å². The van der Waals surface area contributed by atoms with Crippen LogP contribution in [0.1, 0.15) is 39.1 Å². The van der Waals surface area contributed by atoms with Crippen LogP contribution in [0, 0.1) is 17.1 Å². The molecular weight excluding hydrogens is 297 g/mol. The highest BCUT2D eigenvalue weighted by Gasteiger charge is 2.09. The van der Waals surface area contributed by atoms with Crippen molar-refractivity contribution < 1.29 is 18.7 Å². The Bertz CT molecular complexity index is 730. The topological polar surface area (TPSA) is 67.2 Å². The van der Waals surface area contributed by atoms with Crippen LogP contribution < -0.4 is 0 Å². The number of benzene rings is 2. The molecule has 2 aromatic rings. The third-order valence-corrected chi connectivity index (χ3v) is 3.20. The van der Waals surface area contributed by atoms with Gasteiger partial charge in [0, 0.05) is 12.0 Å². The van der Waals surface area contributed by atoms with E-state index in [4.69, 9.17) is 10.00 Å². The van der Waals surface area contributed by atoms with Gasteiger partial charge < -0.3 is 4.74 Å². The Morgan fingerprint density at radius 3 is 2.22 bits per heavy atom. The molecule has 0 aliphatic carbocycles. The lowest BCUT2D eigenvalue weighted by molar-refractivity contribution is 0.0494. The van der Waals surface area contributed by atoms with E-state index in [1.165, 1.54) is 48.5 Å². The minimum atomic E-state index is -0.497. The molecule has 0 fully saturated rings. The zero-order valence-corrected chi connectivity index (χ0v) is 12.3. The molecule has 2 aromatic carbocycles. The zero-order valence-electron chi connectivity index (χ0n) is 12.3. The number of ether oxygens (including phenoxy) is 1. The number of hydrogen-bond acceptors (Lipinski definition) is 4. The lowest BCUT2D eigenvalue weighted by Crippen LogP contribution is -2.08. The van der Waals surface area contributed by atoms with Crippen LogP contribution in [-0.2, 0) is 4.74 Å². The van der Waals surface area contributed by atoms with Crippen molar-refractivity contribution in [3.63, 3.8) is 0 Å². The molecule has 0 aliphatic heterocycles. The second kappa shape index (κ2) is 7.85. The number of esters is 1. The molecule has 0 heterocycles. The van der Waals surface area contributed by atoms with E-state index >= 15 is 0 Å². The lowest BCUT2D eigenvalue weighted by atomic mass is 10.1. The largest absolute Gasteiger partial charge is 0.462 e. The number of halogens is 1. The van der Waals surface area contributed by atoms with E-state index < -0.39 is 11.8 Å². The van der Waals surface area contributed by atoms with Crippen molar-refractivity contribution in [2.75, 3.05) is 6.61 Å². The second-order valence-corrected chi connectivity index (χ2v) is 4.86. The van der Waals surface area contributed by atoms with Gasteiger partial charge in [0.15, 0.2) is 5.78 Å². The maximum atomic E-state index is 12.8. The molecule has 116 valence electrons. The van der Waals surface area contributed by atoms with Crippen LogP contribution in [0.3, 0.4) is 0 Å². The van der Waals surface area contributed by atoms with Gasteiger partial charge in [-0.25, -0.2) is 9.18 Å². The van der Waals surface area contributed by atoms with Crippen molar-refractivity contribution in [3.05, 3.63) is 71.0 Å². The molecule has 0 saturated carbocycles. The molecule has 5 heteroatoms. The molecule has 0 atom stereocenters. The quantitative estimate of drug-likeness (QED) is 0.465. The predicted octanol–water partition coefficient (Wildman–Crippen LogP) is 3.52. The van der Waals surface area contributed by atoms with Crippen molar-refractivity contribution >= 4 is 11.8 Å². The van der Waals surface area contributed by atoms with Crippen molar-refractivity contribution in [2.24, 2.45) is 0 Å². The van der Waals surface area contributed by atoms with E-state index in [9.17, 15) is 14.0 Å². The highest BCUT2D eigenvalue weighted by atomic mass is 19.1. The predicted molar refractivity (Wildman–Crippen MR) is 81.4 cm³/mol. The molecule has 0 bridgehead atoms. The highest BCUT2D eigenvalue weighted by Crippen LogP contribution is 2.09. The number of nitriles is 1. The smallest absolute Gasteiger partial charge is 0.338 e. The third-order valence-electron chi connectivity index (χ3n) is 3.20. The molecule has 0 N–H and O–H groups in total. The van der Waals surface area contributed by atoms with Gasteiger partial charge in [-0.2, -0.15) is 5.26 Å². The van der Waals surface area contributed by atoms with Crippen molar-refractivity contribution in [1.82, 2.24) is 0 Å². The molecular formula is C18H14FNO3. The summed E-state index contributed by atoms with van der Waals surface area (Å²) in [6, 6.07) is 13.4. The first-order chi connectivity index (χ1) is 11.1. The average molecular weight is 311 g/mol. The maximum Gasteiger partial charge on any atom is 0.338 e. The first kappa shape index (κ1) is 16.4. The number of Topliss-reactive ketones (excluding diaryl/α,β-unsaturated/α-hetero) is 1. The summed E-state index contributed by atoms with van der Waals surface area (Å²) in [5, 5.41) is 8.68. The number of hydrogen-bond donors (Lipinski definition) is 0. The minimum absolute atomic E-state index is 0.117. The zero-order chi connectivity index (χ0) is 16.7. The summed E-state index contributed by atoms with van der Waals surface area (Å²) < 4.78 is 17.8. The van der Waals surface area contributed by atoms with Crippen LogP contribution in [0.25, 0.3) is 0 Å². The van der Waals surface area contributed by atoms with Crippen LogP contribution in [0.2, 0.25) is 0 Å². The van der Waals surface area contributed by atoms with Crippen LogP contribution in [0.4, 0.5) is 4.39 Å². The molecule has 23 heavy (non-hydrogen) atoms. The van der Waals surface area contributed by atoms with Crippen LogP contribution in [0.5, 0.6) is 0 Å². The summed E-state index contributed by atoms with van der Waals surface area (Å²) in [6.45, 7) is 0.117. The Hall–Kier alpha value is -3.00. The van der Waals surface area contributed by atoms with Gasteiger partial charge in [0.1, 0.15) is 5.82 Å². The Balaban J connectivity index is 1.76. The second-order valence-electron chi connectivity index (χ2n) is 4.86. The van der Waals surface area contributed by atoms with E-state index in [1.54, 1.807) is 0 Å². The van der Waals surface area contributed by atoms with Crippen molar-refractivity contribution in [2.45, 2.75) is 12.8 Å². The summed E-state index contributed by atoms with van der Waals surface area (Å²) in [7, 11) is 0. The Labute approximate surface area is 133 Å². The Morgan fingerprint density at radius 1 is 1.00 bits per heavy atom. The van der Waals surface area contributed by atoms with Gasteiger partial charge in [-0.1, -0.05) is 0 Å². The van der Waals surface area contributed by atoms with Gasteiger partial charge in [0.2, 0.25) is 0 Å². The van der Waals surface area contributed by atoms with E-state index in [2.05, 4.69) is 0 Å². The Kier molecular flexibility index (Phi) is 5.59. The molecule has 0 saturated heterocycles. The lowest BCUT2D eigenvalue weighted by Gasteiger charge is -2.05. The third kappa shape index (κ3) is 4.75. The maximum absolute atomic E-state index is 12.8. The minimum Gasteiger partial charge on any atom is -0.462 e. The highest BCUT2D eigenvalue weighted by molar-refractivity contribution is 5.96. The van der Waals surface area contributed by atoms with Crippen molar-refractivity contribution in [3.8, 4) is 6.07 Å². The first-order valence-corrected chi connectivity index (χ1v) is 7.06. The molecule has 4 nitrogen and oxygen atoms in total. The molecule has 0 aromatic heterocycles. The number of ketones is 1. The van der Waals surface area contributed by atoms with Gasteiger partial charge >= 0.3 is 5.97 Å². The molecule has 0 amide bonds. The van der Waals surface area contributed by atoms with Gasteiger partial charge in [0.05, 0.1) is 23.8 Å². The molecule has 2 rings (SSSR count). The van der Waals surface area contributed by atoms with Gasteiger partial charge in [-0.3, -0.25) is 4.79 Å². The average Bonchev–Trinajstić information content (AvgIpc) is 2.59. The molecule has 0 spiro atoms. The summed E-state index contributed by atoms with van der Waals surface area (Å²) in [5.41, 5.74) is 1.25. The van der Waals surface area contributed by atoms with Crippen LogP contribution in [0.15, 0.2) is 48.5 Å². The number of nitrogens with zero attached hydrogens (tertiary/aromatic N) is 1. The summed E-state index contributed by atoms with van der Waals surface area (Å²) in [6.07, 6.45) is 0.602. The number of carbonyl (C=O) groups excluding carboxylic acids is 2. The molecule has 0 unspecified atom stereocenters. The summed E-state index contributed by atoms with van der Waals surface area (Å²) in [5.74, 6) is -1.01. The van der Waals surface area contributed by atoms with Gasteiger partial charge in [0.25, 0.3) is 0 Å². The van der Waals surface area contributed by atoms with E-state index in [1.807, 2.05) is 6.07 Å². The van der Waals surface area contributed by atoms with E-state index in [-0.39, 0.29) is 18.8 Å². The first-order valence-electron chi connectivity index (χ1n) is 7.06. The van der Waals surface area contributed by atoms with Crippen LogP contribution >= 0.6 is 0 Å². The van der Waals surface area contributed by atoms with Crippen LogP contribution in [-0.4, -0.2) is 18.4 Å². The van der Waals surface area contributed by atoms with Gasteiger partial charge in [-0.05, 0) is 55.0 Å². The summed E-state index contributed by atoms with van der Waals surface area (Å²) >= 11 is 0. The normalized spacial score (nSPS) is 9.91.